The van der Waals surface area contributed by atoms with Crippen molar-refractivity contribution < 1.29 is 14.3 Å². The molecule has 0 spiro atoms. The number of halogens is 1. The number of piperazine rings is 1. The Morgan fingerprint density at radius 1 is 0.942 bits per heavy atom. The van der Waals surface area contributed by atoms with E-state index in [9.17, 15) is 9.59 Å². The van der Waals surface area contributed by atoms with E-state index in [4.69, 9.17) is 9.72 Å². The van der Waals surface area contributed by atoms with Gasteiger partial charge in [-0.25, -0.2) is 14.8 Å². The van der Waals surface area contributed by atoms with E-state index in [1.165, 1.54) is 11.4 Å². The fourth-order valence-corrected chi connectivity index (χ4v) is 8.15. The van der Waals surface area contributed by atoms with E-state index in [1.54, 1.807) is 15.8 Å². The number of imidazole rings is 1. The Hall–Kier alpha value is -4.95. The van der Waals surface area contributed by atoms with E-state index in [0.717, 1.165) is 84.8 Å². The molecule has 2 N–H and O–H groups in total. The van der Waals surface area contributed by atoms with Crippen LogP contribution in [0.4, 0.5) is 21.9 Å². The molecule has 3 fully saturated rings. The highest BCUT2D eigenvalue weighted by atomic mass is 79.9. The number of nitrogens with one attached hydrogen (secondary N) is 2. The number of nitrogens with zero attached hydrogens (tertiary/aromatic N) is 8. The lowest BCUT2D eigenvalue weighted by Gasteiger charge is -2.43. The van der Waals surface area contributed by atoms with Crippen molar-refractivity contribution in [1.82, 2.24) is 34.9 Å². The van der Waals surface area contributed by atoms with Gasteiger partial charge in [0, 0.05) is 94.8 Å². The van der Waals surface area contributed by atoms with E-state index in [0.29, 0.717) is 42.1 Å². The van der Waals surface area contributed by atoms with Crippen LogP contribution in [0.5, 0.6) is 11.5 Å². The number of H-pyrrole nitrogens is 1. The molecule has 2 aromatic carbocycles. The summed E-state index contributed by atoms with van der Waals surface area (Å²) >= 11 is 3.63. The molecule has 0 saturated carbocycles. The molecule has 5 aromatic rings. The number of piperidine rings is 1. The van der Waals surface area contributed by atoms with Gasteiger partial charge in [0.15, 0.2) is 11.4 Å². The summed E-state index contributed by atoms with van der Waals surface area (Å²) < 4.78 is 8.94. The smallest absolute Gasteiger partial charge is 0.328 e. The molecule has 0 bridgehead atoms. The van der Waals surface area contributed by atoms with Crippen molar-refractivity contribution in [3.05, 3.63) is 71.1 Å². The maximum absolute atomic E-state index is 12.2. The zero-order valence-corrected chi connectivity index (χ0v) is 31.3. The van der Waals surface area contributed by atoms with Crippen LogP contribution in [0, 0.1) is 12.8 Å². The predicted octanol–water partition coefficient (Wildman–Crippen LogP) is 6.10. The summed E-state index contributed by atoms with van der Waals surface area (Å²) in [7, 11) is 1.90. The molecule has 0 radical (unpaired) electrons. The second-order valence-corrected chi connectivity index (χ2v) is 15.0. The Balaban J connectivity index is 0.836. The highest BCUT2D eigenvalue weighted by molar-refractivity contribution is 9.10. The molecular weight excluding hydrogens is 724 g/mol. The number of amides is 3. The van der Waals surface area contributed by atoms with Crippen molar-refractivity contribution in [2.75, 3.05) is 60.5 Å². The van der Waals surface area contributed by atoms with Crippen molar-refractivity contribution >= 4 is 56.1 Å². The maximum atomic E-state index is 12.2. The summed E-state index contributed by atoms with van der Waals surface area (Å²) in [5.41, 5.74) is 6.33. The monoisotopic (exact) mass is 766 g/mol. The molecule has 3 saturated heterocycles. The molecule has 3 aromatic heterocycles. The van der Waals surface area contributed by atoms with Gasteiger partial charge in [-0.2, -0.15) is 5.10 Å². The third-order valence-electron chi connectivity index (χ3n) is 10.5. The van der Waals surface area contributed by atoms with Crippen LogP contribution < -0.4 is 24.8 Å². The minimum Gasteiger partial charge on any atom is -0.454 e. The van der Waals surface area contributed by atoms with Crippen LogP contribution >= 0.6 is 15.9 Å². The zero-order valence-electron chi connectivity index (χ0n) is 29.7. The second-order valence-electron chi connectivity index (χ2n) is 14.1. The summed E-state index contributed by atoms with van der Waals surface area (Å²) in [4.78, 5) is 45.5. The second kappa shape index (κ2) is 14.2. The first-order valence-electron chi connectivity index (χ1n) is 18.0. The van der Waals surface area contributed by atoms with Crippen molar-refractivity contribution in [1.29, 1.82) is 0 Å². The average molecular weight is 768 g/mol. The maximum Gasteiger partial charge on any atom is 0.328 e. The largest absolute Gasteiger partial charge is 0.454 e. The van der Waals surface area contributed by atoms with Gasteiger partial charge in [0.1, 0.15) is 17.1 Å². The fraction of sp³-hybridized carbons (Fsp3) is 0.395. The first kappa shape index (κ1) is 34.2. The number of aryl methyl sites for hydroxylation is 2. The number of ether oxygens (including phenoxy) is 1. The molecule has 6 heterocycles. The lowest BCUT2D eigenvalue weighted by Crippen LogP contribution is -2.53. The molecule has 8 rings (SSSR count). The molecule has 3 aliphatic rings. The molecular formula is C38H43BrN10O3. The van der Waals surface area contributed by atoms with Gasteiger partial charge in [-0.1, -0.05) is 0 Å². The van der Waals surface area contributed by atoms with Crippen LogP contribution in [-0.4, -0.2) is 93.4 Å². The molecule has 0 unspecified atom stereocenters. The summed E-state index contributed by atoms with van der Waals surface area (Å²) in [6.07, 6.45) is 6.33. The Bertz CT molecular complexity index is 2090. The Morgan fingerprint density at radius 3 is 2.37 bits per heavy atom. The van der Waals surface area contributed by atoms with E-state index in [-0.39, 0.29) is 11.9 Å². The van der Waals surface area contributed by atoms with Gasteiger partial charge < -0.3 is 19.5 Å². The SMILES string of the molecule is Cc1nn(C)cc1-c1nc2ncc(Br)c(Oc3ccc(N4CCN(CC5CCN(c6ccc(N7CCC(=O)NC7=O)cc6)CC5)C[C@@H]4C)cc3)c2[nH]1. The number of urea groups is 1. The van der Waals surface area contributed by atoms with E-state index < -0.39 is 0 Å². The number of benzene rings is 2. The van der Waals surface area contributed by atoms with Gasteiger partial charge >= 0.3 is 6.03 Å². The third kappa shape index (κ3) is 6.96. The molecule has 270 valence electrons. The van der Waals surface area contributed by atoms with Crippen molar-refractivity contribution in [2.45, 2.75) is 39.2 Å². The normalized spacial score (nSPS) is 19.1. The molecule has 3 amide bonds. The van der Waals surface area contributed by atoms with Gasteiger partial charge in [-0.3, -0.25) is 24.6 Å². The number of hydrogen-bond donors (Lipinski definition) is 2. The van der Waals surface area contributed by atoms with E-state index in [1.807, 2.05) is 44.4 Å². The molecule has 14 heteroatoms. The average Bonchev–Trinajstić information content (AvgIpc) is 3.72. The standard InChI is InChI=1S/C38H43BrN10O3/c1-24-21-46(22-26-12-15-47(16-13-26)27-4-6-29(7-5-27)49-17-14-33(50)41-38(49)51)18-19-48(24)28-8-10-30(11-9-28)52-35-32(39)20-40-37-34(35)42-36(43-37)31-23-45(3)44-25(31)2/h4-11,20,23-24,26H,12-19,21-22H2,1-3H3,(H,40,42,43)(H,41,50,51)/t24-/m0/s1. The number of fused-ring (bicyclic) bond motifs is 1. The quantitative estimate of drug-likeness (QED) is 0.193. The molecule has 13 nitrogen and oxygen atoms in total. The first-order chi connectivity index (χ1) is 25.2. The topological polar surface area (TPSA) is 128 Å². The first-order valence-corrected chi connectivity index (χ1v) is 18.8. The summed E-state index contributed by atoms with van der Waals surface area (Å²) in [5.74, 6) is 2.56. The lowest BCUT2D eigenvalue weighted by atomic mass is 9.95. The molecule has 52 heavy (non-hydrogen) atoms. The summed E-state index contributed by atoms with van der Waals surface area (Å²) in [6, 6.07) is 16.6. The highest BCUT2D eigenvalue weighted by Crippen LogP contribution is 2.37. The molecule has 0 aliphatic carbocycles. The summed E-state index contributed by atoms with van der Waals surface area (Å²) in [5, 5.41) is 6.85. The van der Waals surface area contributed by atoms with E-state index in [2.05, 4.69) is 82.2 Å². The minimum absolute atomic E-state index is 0.214. The number of pyridine rings is 1. The molecule has 3 aliphatic heterocycles. The number of carbonyl (C=O) groups is 2. The van der Waals surface area contributed by atoms with Crippen LogP contribution in [0.25, 0.3) is 22.6 Å². The number of imide groups is 1. The zero-order chi connectivity index (χ0) is 35.9. The van der Waals surface area contributed by atoms with Gasteiger partial charge in [0.25, 0.3) is 0 Å². The number of anilines is 3. The lowest BCUT2D eigenvalue weighted by molar-refractivity contribution is -0.120. The number of carbonyl (C=O) groups excluding carboxylic acids is 2. The van der Waals surface area contributed by atoms with Gasteiger partial charge in [-0.05, 0) is 97.1 Å². The van der Waals surface area contributed by atoms with E-state index >= 15 is 0 Å². The van der Waals surface area contributed by atoms with Gasteiger partial charge in [-0.15, -0.1) is 0 Å². The van der Waals surface area contributed by atoms with Crippen LogP contribution in [-0.2, 0) is 11.8 Å². The Kier molecular flexibility index (Phi) is 9.34. The predicted molar refractivity (Wildman–Crippen MR) is 205 cm³/mol. The van der Waals surface area contributed by atoms with Crippen LogP contribution in [0.1, 0.15) is 31.9 Å². The van der Waals surface area contributed by atoms with Crippen molar-refractivity contribution in [3.63, 3.8) is 0 Å². The van der Waals surface area contributed by atoms with Crippen LogP contribution in [0.2, 0.25) is 0 Å². The Labute approximate surface area is 311 Å². The highest BCUT2D eigenvalue weighted by Gasteiger charge is 2.29. The number of rotatable bonds is 8. The fourth-order valence-electron chi connectivity index (χ4n) is 7.77. The van der Waals surface area contributed by atoms with Crippen LogP contribution in [0.15, 0.2) is 65.4 Å². The van der Waals surface area contributed by atoms with Crippen molar-refractivity contribution in [2.24, 2.45) is 13.0 Å². The summed E-state index contributed by atoms with van der Waals surface area (Å²) in [6.45, 7) is 10.9. The number of aromatic nitrogens is 5. The van der Waals surface area contributed by atoms with Crippen LogP contribution in [0.3, 0.4) is 0 Å². The number of hydrogen-bond acceptors (Lipinski definition) is 9. The molecule has 1 atom stereocenters. The minimum atomic E-state index is -0.346. The van der Waals surface area contributed by atoms with Gasteiger partial charge in [0.05, 0.1) is 15.7 Å². The third-order valence-corrected chi connectivity index (χ3v) is 11.1. The van der Waals surface area contributed by atoms with Gasteiger partial charge in [0.2, 0.25) is 5.91 Å². The Morgan fingerprint density at radius 2 is 1.67 bits per heavy atom. The number of aromatic amines is 1. The van der Waals surface area contributed by atoms with Crippen molar-refractivity contribution in [3.8, 4) is 22.9 Å².